The van der Waals surface area contributed by atoms with Gasteiger partial charge in [-0.25, -0.2) is 9.97 Å². The molecule has 0 aliphatic heterocycles. The number of aromatic hydroxyl groups is 1. The average Bonchev–Trinajstić information content (AvgIpc) is 2.63. The summed E-state index contributed by atoms with van der Waals surface area (Å²) in [7, 11) is 0. The Hall–Kier alpha value is -3.20. The molecule has 0 saturated carbocycles. The number of hydrogen-bond donors (Lipinski definition) is 1. The molecule has 3 nitrogen and oxygen atoms in total. The van der Waals surface area contributed by atoms with Crippen LogP contribution < -0.4 is 0 Å². The lowest BCUT2D eigenvalue weighted by Gasteiger charge is -2.11. The lowest BCUT2D eigenvalue weighted by atomic mass is 10.0. The van der Waals surface area contributed by atoms with E-state index in [1.54, 1.807) is 12.1 Å². The second kappa shape index (κ2) is 5.54. The van der Waals surface area contributed by atoms with Gasteiger partial charge in [0.05, 0.1) is 16.9 Å². The SMILES string of the molecule is Oc1cccc2nc(-c3ccccc3)c(-c3cc[c]cc3)nc12. The second-order valence-corrected chi connectivity index (χ2v) is 5.22. The molecule has 1 aromatic heterocycles. The highest BCUT2D eigenvalue weighted by molar-refractivity contribution is 5.88. The number of benzene rings is 3. The van der Waals surface area contributed by atoms with Crippen molar-refractivity contribution in [2.75, 3.05) is 0 Å². The molecule has 109 valence electrons. The molecule has 0 atom stereocenters. The van der Waals surface area contributed by atoms with Crippen LogP contribution in [-0.4, -0.2) is 15.1 Å². The van der Waals surface area contributed by atoms with Crippen molar-refractivity contribution in [1.82, 2.24) is 9.97 Å². The number of fused-ring (bicyclic) bond motifs is 1. The highest BCUT2D eigenvalue weighted by atomic mass is 16.3. The predicted molar refractivity (Wildman–Crippen MR) is 90.9 cm³/mol. The normalized spacial score (nSPS) is 10.8. The highest BCUT2D eigenvalue weighted by Gasteiger charge is 2.14. The third kappa shape index (κ3) is 2.42. The van der Waals surface area contributed by atoms with E-state index in [9.17, 15) is 5.11 Å². The Morgan fingerprint density at radius 3 is 2.17 bits per heavy atom. The molecule has 1 N–H and O–H groups in total. The first-order chi connectivity index (χ1) is 11.3. The van der Waals surface area contributed by atoms with Crippen LogP contribution in [-0.2, 0) is 0 Å². The summed E-state index contributed by atoms with van der Waals surface area (Å²) < 4.78 is 0. The summed E-state index contributed by atoms with van der Waals surface area (Å²) >= 11 is 0. The van der Waals surface area contributed by atoms with E-state index >= 15 is 0 Å². The summed E-state index contributed by atoms with van der Waals surface area (Å²) in [5.74, 6) is 0.137. The second-order valence-electron chi connectivity index (χ2n) is 5.22. The lowest BCUT2D eigenvalue weighted by Crippen LogP contribution is -1.95. The summed E-state index contributed by atoms with van der Waals surface area (Å²) in [5.41, 5.74) is 4.67. The van der Waals surface area contributed by atoms with Crippen LogP contribution in [0.4, 0.5) is 0 Å². The van der Waals surface area contributed by atoms with Crippen LogP contribution in [0.2, 0.25) is 0 Å². The van der Waals surface area contributed by atoms with E-state index in [0.717, 1.165) is 22.5 Å². The summed E-state index contributed by atoms with van der Waals surface area (Å²) in [6.07, 6.45) is 0. The van der Waals surface area contributed by atoms with Crippen LogP contribution in [0.1, 0.15) is 0 Å². The van der Waals surface area contributed by atoms with E-state index in [4.69, 9.17) is 9.97 Å². The topological polar surface area (TPSA) is 46.0 Å². The molecule has 1 heterocycles. The Balaban J connectivity index is 2.07. The maximum absolute atomic E-state index is 10.1. The molecule has 0 aliphatic carbocycles. The first-order valence-electron chi connectivity index (χ1n) is 7.34. The van der Waals surface area contributed by atoms with Crippen molar-refractivity contribution >= 4 is 11.0 Å². The summed E-state index contributed by atoms with van der Waals surface area (Å²) in [6, 6.07) is 25.8. The molecule has 1 radical (unpaired) electrons. The van der Waals surface area contributed by atoms with Crippen molar-refractivity contribution in [3.8, 4) is 28.3 Å². The number of phenolic OH excluding ortho intramolecular Hbond substituents is 1. The van der Waals surface area contributed by atoms with Gasteiger partial charge in [-0.05, 0) is 18.2 Å². The predicted octanol–water partition coefficient (Wildman–Crippen LogP) is 4.47. The number of rotatable bonds is 2. The lowest BCUT2D eigenvalue weighted by molar-refractivity contribution is 0.480. The van der Waals surface area contributed by atoms with Crippen molar-refractivity contribution in [2.45, 2.75) is 0 Å². The first kappa shape index (κ1) is 13.5. The van der Waals surface area contributed by atoms with Crippen LogP contribution in [0.25, 0.3) is 33.5 Å². The third-order valence-electron chi connectivity index (χ3n) is 3.71. The summed E-state index contributed by atoms with van der Waals surface area (Å²) in [4.78, 5) is 9.44. The minimum absolute atomic E-state index is 0.137. The van der Waals surface area contributed by atoms with Gasteiger partial charge < -0.3 is 5.11 Å². The molecular weight excluding hydrogens is 284 g/mol. The van der Waals surface area contributed by atoms with E-state index in [0.29, 0.717) is 11.0 Å². The van der Waals surface area contributed by atoms with Gasteiger partial charge in [0.25, 0.3) is 0 Å². The Morgan fingerprint density at radius 2 is 1.39 bits per heavy atom. The largest absolute Gasteiger partial charge is 0.506 e. The van der Waals surface area contributed by atoms with Crippen molar-refractivity contribution in [2.24, 2.45) is 0 Å². The fraction of sp³-hybridized carbons (Fsp3) is 0. The van der Waals surface area contributed by atoms with Crippen LogP contribution >= 0.6 is 0 Å². The van der Waals surface area contributed by atoms with Gasteiger partial charge >= 0.3 is 0 Å². The van der Waals surface area contributed by atoms with Gasteiger partial charge in [0.2, 0.25) is 0 Å². The fourth-order valence-corrected chi connectivity index (χ4v) is 2.61. The van der Waals surface area contributed by atoms with Crippen LogP contribution in [0.3, 0.4) is 0 Å². The van der Waals surface area contributed by atoms with Gasteiger partial charge in [0.15, 0.2) is 0 Å². The monoisotopic (exact) mass is 297 g/mol. The standard InChI is InChI=1S/C20H13N2O/c23-17-13-7-12-16-20(17)22-19(15-10-5-2-6-11-15)18(21-16)14-8-3-1-4-9-14/h1,3-13,23H. The summed E-state index contributed by atoms with van der Waals surface area (Å²) in [5, 5.41) is 10.1. The quantitative estimate of drug-likeness (QED) is 0.594. The van der Waals surface area contributed by atoms with Crippen molar-refractivity contribution < 1.29 is 5.11 Å². The Bertz CT molecular complexity index is 967. The Morgan fingerprint density at radius 1 is 0.696 bits per heavy atom. The zero-order valence-electron chi connectivity index (χ0n) is 12.3. The van der Waals surface area contributed by atoms with Crippen LogP contribution in [0.5, 0.6) is 5.75 Å². The van der Waals surface area contributed by atoms with E-state index in [-0.39, 0.29) is 5.75 Å². The van der Waals surface area contributed by atoms with E-state index < -0.39 is 0 Å². The molecule has 0 amide bonds. The fourth-order valence-electron chi connectivity index (χ4n) is 2.61. The van der Waals surface area contributed by atoms with Crippen molar-refractivity contribution in [3.63, 3.8) is 0 Å². The third-order valence-corrected chi connectivity index (χ3v) is 3.71. The number of phenols is 1. The molecule has 4 rings (SSSR count). The zero-order chi connectivity index (χ0) is 15.6. The average molecular weight is 297 g/mol. The maximum atomic E-state index is 10.1. The molecule has 0 fully saturated rings. The molecule has 3 heteroatoms. The highest BCUT2D eigenvalue weighted by Crippen LogP contribution is 2.32. The van der Waals surface area contributed by atoms with Crippen LogP contribution in [0, 0.1) is 6.07 Å². The molecular formula is C20H13N2O. The van der Waals surface area contributed by atoms with Gasteiger partial charge in [-0.3, -0.25) is 0 Å². The number of hydrogen-bond acceptors (Lipinski definition) is 3. The molecule has 23 heavy (non-hydrogen) atoms. The Kier molecular flexibility index (Phi) is 3.24. The van der Waals surface area contributed by atoms with Crippen molar-refractivity contribution in [3.05, 3.63) is 78.9 Å². The number of para-hydroxylation sites is 1. The van der Waals surface area contributed by atoms with Gasteiger partial charge in [0.1, 0.15) is 11.3 Å². The first-order valence-corrected chi connectivity index (χ1v) is 7.34. The van der Waals surface area contributed by atoms with Gasteiger partial charge in [0, 0.05) is 11.1 Å². The minimum Gasteiger partial charge on any atom is -0.506 e. The van der Waals surface area contributed by atoms with Gasteiger partial charge in [-0.1, -0.05) is 60.7 Å². The molecule has 4 aromatic rings. The number of nitrogens with zero attached hydrogens (tertiary/aromatic N) is 2. The number of aromatic nitrogens is 2. The molecule has 0 bridgehead atoms. The summed E-state index contributed by atoms with van der Waals surface area (Å²) in [6.45, 7) is 0. The zero-order valence-corrected chi connectivity index (χ0v) is 12.3. The molecule has 0 saturated heterocycles. The van der Waals surface area contributed by atoms with E-state index in [1.807, 2.05) is 60.7 Å². The van der Waals surface area contributed by atoms with Gasteiger partial charge in [-0.2, -0.15) is 0 Å². The van der Waals surface area contributed by atoms with Crippen molar-refractivity contribution in [1.29, 1.82) is 0 Å². The van der Waals surface area contributed by atoms with E-state index in [1.165, 1.54) is 0 Å². The Labute approximate surface area is 133 Å². The molecule has 3 aromatic carbocycles. The minimum atomic E-state index is 0.137. The van der Waals surface area contributed by atoms with E-state index in [2.05, 4.69) is 6.07 Å². The van der Waals surface area contributed by atoms with Gasteiger partial charge in [-0.15, -0.1) is 0 Å². The smallest absolute Gasteiger partial charge is 0.143 e. The maximum Gasteiger partial charge on any atom is 0.143 e. The molecule has 0 aliphatic rings. The molecule has 0 unspecified atom stereocenters. The molecule has 0 spiro atoms. The van der Waals surface area contributed by atoms with Crippen LogP contribution in [0.15, 0.2) is 72.8 Å².